The molecule has 1 fully saturated rings. The Hall–Kier alpha value is -1.63. The van der Waals surface area contributed by atoms with E-state index in [9.17, 15) is 0 Å². The van der Waals surface area contributed by atoms with E-state index in [0.717, 1.165) is 42.3 Å². The van der Waals surface area contributed by atoms with Crippen molar-refractivity contribution in [1.82, 2.24) is 15.1 Å². The molecule has 1 saturated heterocycles. The second kappa shape index (κ2) is 6.01. The van der Waals surface area contributed by atoms with Gasteiger partial charge >= 0.3 is 6.01 Å². The molecule has 112 valence electrons. The summed E-state index contributed by atoms with van der Waals surface area (Å²) in [6.07, 6.45) is 1.83. The molecule has 7 heteroatoms. The van der Waals surface area contributed by atoms with E-state index in [-0.39, 0.29) is 5.92 Å². The predicted octanol–water partition coefficient (Wildman–Crippen LogP) is 2.68. The highest BCUT2D eigenvalue weighted by Gasteiger charge is 2.22. The van der Waals surface area contributed by atoms with Crippen LogP contribution in [0.1, 0.15) is 25.6 Å². The highest BCUT2D eigenvalue weighted by atomic mass is 79.9. The Morgan fingerprint density at radius 3 is 2.43 bits per heavy atom. The van der Waals surface area contributed by atoms with Gasteiger partial charge < -0.3 is 14.3 Å². The Labute approximate surface area is 132 Å². The Morgan fingerprint density at radius 1 is 1.14 bits per heavy atom. The van der Waals surface area contributed by atoms with Crippen LogP contribution in [-0.2, 0) is 0 Å². The van der Waals surface area contributed by atoms with Gasteiger partial charge in [0.15, 0.2) is 5.82 Å². The Morgan fingerprint density at radius 2 is 1.86 bits per heavy atom. The van der Waals surface area contributed by atoms with Gasteiger partial charge in [0.05, 0.1) is 0 Å². The molecule has 0 bridgehead atoms. The van der Waals surface area contributed by atoms with E-state index < -0.39 is 0 Å². The first-order chi connectivity index (χ1) is 10.1. The maximum Gasteiger partial charge on any atom is 0.324 e. The third kappa shape index (κ3) is 3.18. The van der Waals surface area contributed by atoms with E-state index in [4.69, 9.17) is 4.52 Å². The van der Waals surface area contributed by atoms with Crippen molar-refractivity contribution in [3.8, 4) is 0 Å². The van der Waals surface area contributed by atoms with Gasteiger partial charge in [0, 0.05) is 42.8 Å². The first kappa shape index (κ1) is 14.3. The summed E-state index contributed by atoms with van der Waals surface area (Å²) in [6.45, 7) is 7.63. The van der Waals surface area contributed by atoms with Crippen LogP contribution < -0.4 is 9.80 Å². The summed E-state index contributed by atoms with van der Waals surface area (Å²) >= 11 is 3.41. The van der Waals surface area contributed by atoms with Crippen molar-refractivity contribution in [2.24, 2.45) is 0 Å². The van der Waals surface area contributed by atoms with E-state index in [2.05, 4.69) is 54.7 Å². The predicted molar refractivity (Wildman–Crippen MR) is 84.8 cm³/mol. The highest BCUT2D eigenvalue weighted by molar-refractivity contribution is 9.10. The largest absolute Gasteiger partial charge is 0.353 e. The van der Waals surface area contributed by atoms with E-state index in [0.29, 0.717) is 6.01 Å². The highest BCUT2D eigenvalue weighted by Crippen LogP contribution is 2.20. The number of aromatic nitrogens is 3. The fraction of sp³-hybridized carbons (Fsp3) is 0.500. The van der Waals surface area contributed by atoms with Gasteiger partial charge in [-0.25, -0.2) is 4.98 Å². The molecule has 0 atom stereocenters. The van der Waals surface area contributed by atoms with Crippen LogP contribution >= 0.6 is 15.9 Å². The smallest absolute Gasteiger partial charge is 0.324 e. The summed E-state index contributed by atoms with van der Waals surface area (Å²) in [5.74, 6) is 2.06. The molecule has 0 unspecified atom stereocenters. The first-order valence-electron chi connectivity index (χ1n) is 7.08. The van der Waals surface area contributed by atoms with Crippen LogP contribution in [0.4, 0.5) is 11.8 Å². The van der Waals surface area contributed by atoms with Crippen LogP contribution in [0.15, 0.2) is 27.3 Å². The van der Waals surface area contributed by atoms with Crippen molar-refractivity contribution in [2.75, 3.05) is 36.0 Å². The summed E-state index contributed by atoms with van der Waals surface area (Å²) in [7, 11) is 0. The Bertz CT molecular complexity index is 590. The van der Waals surface area contributed by atoms with Gasteiger partial charge in [-0.3, -0.25) is 0 Å². The molecule has 0 aliphatic carbocycles. The molecular formula is C14H18BrN5O. The topological polar surface area (TPSA) is 58.3 Å². The quantitative estimate of drug-likeness (QED) is 0.847. The lowest BCUT2D eigenvalue weighted by molar-refractivity contribution is 0.400. The molecular weight excluding hydrogens is 334 g/mol. The normalized spacial score (nSPS) is 15.8. The van der Waals surface area contributed by atoms with Gasteiger partial charge in [-0.05, 0) is 28.1 Å². The third-order valence-electron chi connectivity index (χ3n) is 3.53. The number of pyridine rings is 1. The van der Waals surface area contributed by atoms with Crippen molar-refractivity contribution in [2.45, 2.75) is 19.8 Å². The van der Waals surface area contributed by atoms with Crippen LogP contribution in [0.5, 0.6) is 0 Å². The summed E-state index contributed by atoms with van der Waals surface area (Å²) in [5.41, 5.74) is 0. The second-order valence-electron chi connectivity index (χ2n) is 5.40. The molecule has 0 amide bonds. The second-order valence-corrected chi connectivity index (χ2v) is 6.31. The van der Waals surface area contributed by atoms with Gasteiger partial charge in [-0.2, -0.15) is 4.98 Å². The standard InChI is InChI=1S/C14H18BrN5O/c1-10(2)13-17-14(21-18-13)20-7-5-19(6-8-20)12-4-3-11(15)9-16-12/h3-4,9-10H,5-8H2,1-2H3. The molecule has 3 rings (SSSR count). The number of nitrogens with zero attached hydrogens (tertiary/aromatic N) is 5. The molecule has 2 aromatic rings. The minimum atomic E-state index is 0.288. The number of halogens is 1. The van der Waals surface area contributed by atoms with Crippen molar-refractivity contribution >= 4 is 27.8 Å². The Kier molecular flexibility index (Phi) is 4.10. The minimum Gasteiger partial charge on any atom is -0.353 e. The van der Waals surface area contributed by atoms with E-state index in [1.54, 1.807) is 0 Å². The van der Waals surface area contributed by atoms with Crippen LogP contribution in [0.3, 0.4) is 0 Å². The van der Waals surface area contributed by atoms with Crippen LogP contribution in [0.2, 0.25) is 0 Å². The van der Waals surface area contributed by atoms with Crippen molar-refractivity contribution in [3.63, 3.8) is 0 Å². The van der Waals surface area contributed by atoms with Crippen molar-refractivity contribution in [1.29, 1.82) is 0 Å². The van der Waals surface area contributed by atoms with E-state index in [1.165, 1.54) is 0 Å². The number of rotatable bonds is 3. The van der Waals surface area contributed by atoms with Crippen LogP contribution in [0.25, 0.3) is 0 Å². The summed E-state index contributed by atoms with van der Waals surface area (Å²) < 4.78 is 6.34. The monoisotopic (exact) mass is 351 g/mol. The lowest BCUT2D eigenvalue weighted by Crippen LogP contribution is -2.47. The molecule has 21 heavy (non-hydrogen) atoms. The van der Waals surface area contributed by atoms with Gasteiger partial charge in [0.25, 0.3) is 0 Å². The number of anilines is 2. The SMILES string of the molecule is CC(C)c1noc(N2CCN(c3ccc(Br)cn3)CC2)n1. The molecule has 0 spiro atoms. The van der Waals surface area contributed by atoms with Gasteiger partial charge in [0.1, 0.15) is 5.82 Å². The van der Waals surface area contributed by atoms with Crippen LogP contribution in [0, 0.1) is 0 Å². The summed E-state index contributed by atoms with van der Waals surface area (Å²) in [6, 6.07) is 4.67. The van der Waals surface area contributed by atoms with Gasteiger partial charge in [0.2, 0.25) is 0 Å². The molecule has 2 aromatic heterocycles. The minimum absolute atomic E-state index is 0.288. The number of piperazine rings is 1. The maximum atomic E-state index is 5.35. The maximum absolute atomic E-state index is 5.35. The lowest BCUT2D eigenvalue weighted by Gasteiger charge is -2.34. The first-order valence-corrected chi connectivity index (χ1v) is 7.88. The average molecular weight is 352 g/mol. The molecule has 1 aliphatic heterocycles. The molecule has 1 aliphatic rings. The zero-order valence-corrected chi connectivity index (χ0v) is 13.7. The molecule has 6 nitrogen and oxygen atoms in total. The molecule has 0 saturated carbocycles. The van der Waals surface area contributed by atoms with E-state index in [1.807, 2.05) is 18.3 Å². The zero-order chi connectivity index (χ0) is 14.8. The van der Waals surface area contributed by atoms with Crippen LogP contribution in [-0.4, -0.2) is 41.3 Å². The average Bonchev–Trinajstić information content (AvgIpc) is 2.98. The van der Waals surface area contributed by atoms with E-state index >= 15 is 0 Å². The lowest BCUT2D eigenvalue weighted by atomic mass is 10.2. The molecule has 0 N–H and O–H groups in total. The molecule has 0 radical (unpaired) electrons. The fourth-order valence-electron chi connectivity index (χ4n) is 2.27. The summed E-state index contributed by atoms with van der Waals surface area (Å²) in [5, 5.41) is 4.02. The zero-order valence-electron chi connectivity index (χ0n) is 12.2. The Balaban J connectivity index is 1.63. The van der Waals surface area contributed by atoms with Crippen molar-refractivity contribution < 1.29 is 4.52 Å². The van der Waals surface area contributed by atoms with Gasteiger partial charge in [-0.15, -0.1) is 0 Å². The number of hydrogen-bond acceptors (Lipinski definition) is 6. The molecule has 3 heterocycles. The summed E-state index contributed by atoms with van der Waals surface area (Å²) in [4.78, 5) is 13.3. The van der Waals surface area contributed by atoms with Crippen molar-refractivity contribution in [3.05, 3.63) is 28.6 Å². The molecule has 0 aromatic carbocycles. The van der Waals surface area contributed by atoms with Gasteiger partial charge in [-0.1, -0.05) is 19.0 Å². The fourth-order valence-corrected chi connectivity index (χ4v) is 2.51. The number of hydrogen-bond donors (Lipinski definition) is 0. The third-order valence-corrected chi connectivity index (χ3v) is 4.00.